The Morgan fingerprint density at radius 3 is 0.911 bits per heavy atom. The number of fused-ring (bicyclic) bond motifs is 10. The van der Waals surface area contributed by atoms with E-state index in [1.165, 1.54) is 65.7 Å². The first-order valence-electron chi connectivity index (χ1n) is 38.3. The molecule has 0 N–H and O–H groups in total. The summed E-state index contributed by atoms with van der Waals surface area (Å²) in [4.78, 5) is 4.72. The Morgan fingerprint density at radius 1 is 0.134 bits per heavy atom. The third kappa shape index (κ3) is 12.6. The zero-order valence-electron chi connectivity index (χ0n) is 61.3. The van der Waals surface area contributed by atoms with Gasteiger partial charge in [-0.15, -0.1) is 0 Å². The van der Waals surface area contributed by atoms with E-state index in [4.69, 9.17) is 8.83 Å². The number of hydrogen-bond donors (Lipinski definition) is 0. The van der Waals surface area contributed by atoms with Crippen LogP contribution in [0.25, 0.3) is 165 Å². The fourth-order valence-electron chi connectivity index (χ4n) is 16.5. The van der Waals surface area contributed by atoms with Crippen molar-refractivity contribution in [1.82, 2.24) is 0 Å². The van der Waals surface area contributed by atoms with Crippen LogP contribution in [0.1, 0.15) is 0 Å². The predicted octanol–water partition coefficient (Wildman–Crippen LogP) is 30.9. The van der Waals surface area contributed by atoms with E-state index in [0.717, 1.165) is 134 Å². The van der Waals surface area contributed by atoms with Crippen LogP contribution < -0.4 is 9.80 Å². The molecule has 0 unspecified atom stereocenters. The summed E-state index contributed by atoms with van der Waals surface area (Å²) in [6.07, 6.45) is 0. The molecular weight excluding hydrogens is 1360 g/mol. The molecule has 2 heterocycles. The molecule has 21 rings (SSSR count). The van der Waals surface area contributed by atoms with Crippen molar-refractivity contribution in [2.24, 2.45) is 0 Å². The monoisotopic (exact) mass is 1430 g/mol. The Morgan fingerprint density at radius 2 is 0.411 bits per heavy atom. The van der Waals surface area contributed by atoms with Gasteiger partial charge in [-0.25, -0.2) is 0 Å². The molecule has 0 saturated carbocycles. The summed E-state index contributed by atoms with van der Waals surface area (Å²) in [6, 6.07) is 156. The van der Waals surface area contributed by atoms with Gasteiger partial charge in [-0.2, -0.15) is 0 Å². The number of anilines is 6. The standard InChI is InChI=1S/C58H39NO.C50H33NO/c1-3-14-40(15-4-1)41-30-34-48(35-31-41)59(49-36-32-44(33-37-49)52-25-11-19-42-18-7-8-24-51(42)52)50-23-10-21-46(39-50)45-20-9-22-47(38-45)54-27-13-29-56-55-28-12-26-53(57(55)60-58(54)56)43-16-5-2-6-17-43;1-3-12-34(13-4-1)35-26-28-40(29-27-35)51(42-30-31-44-39(33-42)25-24-37-16-7-8-19-43(37)44)41-18-9-17-38(32-41)46-21-11-23-48-47-22-10-20-45(49(47)52-50(46)48)36-14-5-2-6-15-36/h1-39H;1-33H. The van der Waals surface area contributed by atoms with Gasteiger partial charge in [-0.3, -0.25) is 0 Å². The van der Waals surface area contributed by atoms with Crippen molar-refractivity contribution in [2.75, 3.05) is 9.80 Å². The van der Waals surface area contributed by atoms with Crippen LogP contribution in [-0.2, 0) is 0 Å². The maximum atomic E-state index is 6.82. The first kappa shape index (κ1) is 66.6. The van der Waals surface area contributed by atoms with Gasteiger partial charge in [0.15, 0.2) is 0 Å². The highest BCUT2D eigenvalue weighted by molar-refractivity contribution is 6.15. The molecule has 0 aliphatic carbocycles. The molecule has 0 saturated heterocycles. The molecule has 112 heavy (non-hydrogen) atoms. The van der Waals surface area contributed by atoms with E-state index in [1.807, 2.05) is 6.07 Å². The van der Waals surface area contributed by atoms with Gasteiger partial charge in [0.2, 0.25) is 0 Å². The SMILES string of the molecule is c1ccc(-c2ccc(N(c3ccc(-c4cccc5ccccc45)cc3)c3cccc(-c4cccc(-c5cccc6c5oc5c(-c7ccccc7)cccc56)c4)c3)cc2)cc1.c1ccc(-c2ccc(N(c3cccc(-c4cccc5c4oc4c(-c6ccccc6)cccc45)c3)c3ccc4c(ccc5ccccc54)c3)cc2)cc1. The van der Waals surface area contributed by atoms with Gasteiger partial charge in [0.05, 0.1) is 0 Å². The molecule has 0 spiro atoms. The van der Waals surface area contributed by atoms with Crippen LogP contribution in [0.5, 0.6) is 0 Å². The van der Waals surface area contributed by atoms with Gasteiger partial charge >= 0.3 is 0 Å². The topological polar surface area (TPSA) is 32.8 Å². The minimum absolute atomic E-state index is 0.898. The van der Waals surface area contributed by atoms with Gasteiger partial charge in [0.1, 0.15) is 22.3 Å². The van der Waals surface area contributed by atoms with Crippen molar-refractivity contribution in [2.45, 2.75) is 0 Å². The summed E-state index contributed by atoms with van der Waals surface area (Å²) in [5, 5.41) is 12.0. The Labute approximate surface area is 650 Å². The van der Waals surface area contributed by atoms with E-state index >= 15 is 0 Å². The number of para-hydroxylation sites is 4. The third-order valence-corrected chi connectivity index (χ3v) is 21.9. The van der Waals surface area contributed by atoms with Crippen LogP contribution in [0.3, 0.4) is 0 Å². The Kier molecular flexibility index (Phi) is 17.3. The van der Waals surface area contributed by atoms with Crippen LogP contribution in [0.15, 0.2) is 446 Å². The van der Waals surface area contributed by atoms with Crippen molar-refractivity contribution >= 4 is 110 Å². The van der Waals surface area contributed by atoms with E-state index in [2.05, 4.69) is 441 Å². The first-order valence-corrected chi connectivity index (χ1v) is 38.3. The Bertz CT molecular complexity index is 7020. The molecule has 4 nitrogen and oxygen atoms in total. The molecule has 0 radical (unpaired) electrons. The molecule has 0 aliphatic rings. The molecule has 19 aromatic carbocycles. The second kappa shape index (κ2) is 29.0. The fraction of sp³-hybridized carbons (Fsp3) is 0. The van der Waals surface area contributed by atoms with Crippen molar-refractivity contribution < 1.29 is 8.83 Å². The molecule has 0 bridgehead atoms. The largest absolute Gasteiger partial charge is 0.455 e. The van der Waals surface area contributed by atoms with Crippen molar-refractivity contribution in [3.8, 4) is 89.0 Å². The summed E-state index contributed by atoms with van der Waals surface area (Å²) in [7, 11) is 0. The number of hydrogen-bond acceptors (Lipinski definition) is 4. The Balaban J connectivity index is 0.000000147. The summed E-state index contributed by atoms with van der Waals surface area (Å²) in [5.74, 6) is 0. The zero-order valence-corrected chi connectivity index (χ0v) is 61.3. The lowest BCUT2D eigenvalue weighted by Crippen LogP contribution is -2.10. The molecule has 2 aromatic heterocycles. The van der Waals surface area contributed by atoms with Crippen LogP contribution in [0.2, 0.25) is 0 Å². The predicted molar refractivity (Wildman–Crippen MR) is 473 cm³/mol. The molecule has 526 valence electrons. The van der Waals surface area contributed by atoms with E-state index in [-0.39, 0.29) is 0 Å². The highest BCUT2D eigenvalue weighted by atomic mass is 16.3. The number of furan rings is 2. The average Bonchev–Trinajstić information content (AvgIpc) is 1.54. The van der Waals surface area contributed by atoms with E-state index in [9.17, 15) is 0 Å². The van der Waals surface area contributed by atoms with Crippen LogP contribution in [0.4, 0.5) is 34.1 Å². The first-order chi connectivity index (χ1) is 55.5. The summed E-state index contributed by atoms with van der Waals surface area (Å²) in [5.41, 5.74) is 28.5. The molecule has 0 atom stereocenters. The van der Waals surface area contributed by atoms with Gasteiger partial charge in [-0.1, -0.05) is 358 Å². The molecule has 0 aliphatic heterocycles. The molecular formula is C108H72N2O2. The number of nitrogens with zero attached hydrogens (tertiary/aromatic N) is 2. The second-order valence-corrected chi connectivity index (χ2v) is 28.6. The van der Waals surface area contributed by atoms with E-state index in [0.29, 0.717) is 0 Å². The van der Waals surface area contributed by atoms with Crippen molar-refractivity contribution in [1.29, 1.82) is 0 Å². The summed E-state index contributed by atoms with van der Waals surface area (Å²) in [6.45, 7) is 0. The van der Waals surface area contributed by atoms with Crippen LogP contribution >= 0.6 is 0 Å². The minimum atomic E-state index is 0.898. The average molecular weight is 1430 g/mol. The van der Waals surface area contributed by atoms with Crippen LogP contribution in [-0.4, -0.2) is 0 Å². The maximum absolute atomic E-state index is 6.82. The van der Waals surface area contributed by atoms with Gasteiger partial charge < -0.3 is 18.6 Å². The highest BCUT2D eigenvalue weighted by Gasteiger charge is 2.22. The maximum Gasteiger partial charge on any atom is 0.143 e. The van der Waals surface area contributed by atoms with Gasteiger partial charge in [0.25, 0.3) is 0 Å². The summed E-state index contributed by atoms with van der Waals surface area (Å²) < 4.78 is 13.6. The third-order valence-electron chi connectivity index (χ3n) is 21.9. The lowest BCUT2D eigenvalue weighted by atomic mass is 9.96. The smallest absolute Gasteiger partial charge is 0.143 e. The summed E-state index contributed by atoms with van der Waals surface area (Å²) >= 11 is 0. The number of benzene rings is 19. The Hall–Kier alpha value is -14.8. The van der Waals surface area contributed by atoms with E-state index < -0.39 is 0 Å². The quantitative estimate of drug-likeness (QED) is 0.102. The molecule has 21 aromatic rings. The fourth-order valence-corrected chi connectivity index (χ4v) is 16.5. The van der Waals surface area contributed by atoms with E-state index in [1.54, 1.807) is 0 Å². The van der Waals surface area contributed by atoms with Gasteiger partial charge in [-0.05, 0) is 178 Å². The zero-order chi connectivity index (χ0) is 74.3. The minimum Gasteiger partial charge on any atom is -0.455 e. The lowest BCUT2D eigenvalue weighted by molar-refractivity contribution is 0.670. The normalized spacial score (nSPS) is 11.4. The lowest BCUT2D eigenvalue weighted by Gasteiger charge is -2.27. The highest BCUT2D eigenvalue weighted by Crippen LogP contribution is 2.47. The number of rotatable bonds is 14. The molecule has 0 fully saturated rings. The van der Waals surface area contributed by atoms with Crippen LogP contribution in [0, 0.1) is 0 Å². The van der Waals surface area contributed by atoms with Crippen molar-refractivity contribution in [3.05, 3.63) is 437 Å². The molecule has 0 amide bonds. The van der Waals surface area contributed by atoms with Crippen molar-refractivity contribution in [3.63, 3.8) is 0 Å². The molecule has 4 heteroatoms. The second-order valence-electron chi connectivity index (χ2n) is 28.6. The van der Waals surface area contributed by atoms with Gasteiger partial charge in [0, 0.05) is 77.9 Å².